The van der Waals surface area contributed by atoms with Crippen molar-refractivity contribution >= 4 is 0 Å². The standard InChI is InChI=1S/C15H33NO3/c1-5-14(2)12-15(3)13-18-10-6-8-16-19-11-7-9-17-4/h14-16H,5-13H2,1-4H3. The molecule has 0 radical (unpaired) electrons. The van der Waals surface area contributed by atoms with Crippen LogP contribution in [-0.4, -0.2) is 40.1 Å². The molecule has 0 aromatic rings. The van der Waals surface area contributed by atoms with Crippen molar-refractivity contribution in [1.82, 2.24) is 5.48 Å². The minimum absolute atomic E-state index is 0.660. The Morgan fingerprint density at radius 1 is 1.00 bits per heavy atom. The zero-order valence-corrected chi connectivity index (χ0v) is 13.2. The second kappa shape index (κ2) is 14.3. The molecule has 0 fully saturated rings. The molecule has 1 N–H and O–H groups in total. The summed E-state index contributed by atoms with van der Waals surface area (Å²) in [4.78, 5) is 5.25. The number of hydrogen-bond donors (Lipinski definition) is 1. The summed E-state index contributed by atoms with van der Waals surface area (Å²) in [6, 6.07) is 0. The van der Waals surface area contributed by atoms with E-state index < -0.39 is 0 Å². The third-order valence-corrected chi connectivity index (χ3v) is 3.17. The summed E-state index contributed by atoms with van der Waals surface area (Å²) < 4.78 is 10.6. The van der Waals surface area contributed by atoms with E-state index in [1.165, 1.54) is 12.8 Å². The maximum atomic E-state index is 5.67. The summed E-state index contributed by atoms with van der Waals surface area (Å²) in [5.41, 5.74) is 2.94. The topological polar surface area (TPSA) is 39.7 Å². The molecule has 0 saturated heterocycles. The average molecular weight is 275 g/mol. The van der Waals surface area contributed by atoms with Gasteiger partial charge in [-0.05, 0) is 31.1 Å². The van der Waals surface area contributed by atoms with Crippen molar-refractivity contribution in [2.24, 2.45) is 11.8 Å². The van der Waals surface area contributed by atoms with Crippen LogP contribution in [0.1, 0.15) is 46.5 Å². The van der Waals surface area contributed by atoms with Gasteiger partial charge in [-0.25, -0.2) is 5.48 Å². The number of ether oxygens (including phenoxy) is 2. The first kappa shape index (κ1) is 18.8. The van der Waals surface area contributed by atoms with Crippen molar-refractivity contribution in [3.05, 3.63) is 0 Å². The molecular weight excluding hydrogens is 242 g/mol. The highest BCUT2D eigenvalue weighted by Crippen LogP contribution is 2.14. The molecule has 0 aliphatic rings. The molecule has 0 aromatic heterocycles. The number of hydroxylamine groups is 1. The van der Waals surface area contributed by atoms with E-state index in [-0.39, 0.29) is 0 Å². The van der Waals surface area contributed by atoms with E-state index in [1.54, 1.807) is 7.11 Å². The lowest BCUT2D eigenvalue weighted by Gasteiger charge is -2.16. The van der Waals surface area contributed by atoms with Gasteiger partial charge in [0.15, 0.2) is 0 Å². The smallest absolute Gasteiger partial charge is 0.0704 e. The van der Waals surface area contributed by atoms with Gasteiger partial charge in [0.25, 0.3) is 0 Å². The van der Waals surface area contributed by atoms with Gasteiger partial charge in [0, 0.05) is 33.5 Å². The normalized spacial score (nSPS) is 14.5. The summed E-state index contributed by atoms with van der Waals surface area (Å²) in [6.45, 7) is 10.8. The van der Waals surface area contributed by atoms with E-state index in [0.717, 1.165) is 45.1 Å². The second-order valence-corrected chi connectivity index (χ2v) is 5.37. The van der Waals surface area contributed by atoms with Crippen LogP contribution in [0.3, 0.4) is 0 Å². The fourth-order valence-corrected chi connectivity index (χ4v) is 1.87. The molecule has 2 unspecified atom stereocenters. The van der Waals surface area contributed by atoms with Crippen molar-refractivity contribution < 1.29 is 14.3 Å². The Bertz CT molecular complexity index is 179. The van der Waals surface area contributed by atoms with Crippen LogP contribution in [0.5, 0.6) is 0 Å². The minimum Gasteiger partial charge on any atom is -0.385 e. The molecule has 2 atom stereocenters. The van der Waals surface area contributed by atoms with Crippen LogP contribution in [0.4, 0.5) is 0 Å². The molecule has 0 rings (SSSR count). The number of methoxy groups -OCH3 is 1. The van der Waals surface area contributed by atoms with Crippen molar-refractivity contribution in [2.45, 2.75) is 46.5 Å². The molecule has 4 heteroatoms. The summed E-state index contributed by atoms with van der Waals surface area (Å²) in [5.74, 6) is 1.47. The maximum Gasteiger partial charge on any atom is 0.0704 e. The third kappa shape index (κ3) is 14.1. The zero-order valence-electron chi connectivity index (χ0n) is 13.2. The highest BCUT2D eigenvalue weighted by molar-refractivity contribution is 4.57. The molecule has 0 aromatic carbocycles. The van der Waals surface area contributed by atoms with Crippen molar-refractivity contribution in [3.8, 4) is 0 Å². The van der Waals surface area contributed by atoms with E-state index >= 15 is 0 Å². The molecule has 4 nitrogen and oxygen atoms in total. The molecule has 0 amide bonds. The van der Waals surface area contributed by atoms with Crippen molar-refractivity contribution in [2.75, 3.05) is 40.1 Å². The monoisotopic (exact) mass is 275 g/mol. The summed E-state index contributed by atoms with van der Waals surface area (Å²) in [5, 5.41) is 0. The Morgan fingerprint density at radius 2 is 1.79 bits per heavy atom. The SMILES string of the molecule is CCC(C)CC(C)COCCCNOCCCOC. The van der Waals surface area contributed by atoms with E-state index in [9.17, 15) is 0 Å². The van der Waals surface area contributed by atoms with E-state index in [4.69, 9.17) is 14.3 Å². The minimum atomic E-state index is 0.660. The van der Waals surface area contributed by atoms with Gasteiger partial charge in [0.05, 0.1) is 6.61 Å². The number of hydrogen-bond acceptors (Lipinski definition) is 4. The first-order valence-corrected chi connectivity index (χ1v) is 7.62. The quantitative estimate of drug-likeness (QED) is 0.391. The van der Waals surface area contributed by atoms with Crippen LogP contribution >= 0.6 is 0 Å². The Kier molecular flexibility index (Phi) is 14.1. The number of nitrogens with one attached hydrogen (secondary N) is 1. The van der Waals surface area contributed by atoms with Gasteiger partial charge in [-0.3, -0.25) is 0 Å². The average Bonchev–Trinajstić information content (AvgIpc) is 2.40. The van der Waals surface area contributed by atoms with E-state index in [2.05, 4.69) is 26.3 Å². The van der Waals surface area contributed by atoms with E-state index in [0.29, 0.717) is 12.5 Å². The van der Waals surface area contributed by atoms with Gasteiger partial charge >= 0.3 is 0 Å². The van der Waals surface area contributed by atoms with Crippen molar-refractivity contribution in [1.29, 1.82) is 0 Å². The van der Waals surface area contributed by atoms with Gasteiger partial charge in [0.1, 0.15) is 0 Å². The highest BCUT2D eigenvalue weighted by atomic mass is 16.6. The molecule has 0 spiro atoms. The molecule has 19 heavy (non-hydrogen) atoms. The van der Waals surface area contributed by atoms with Crippen molar-refractivity contribution in [3.63, 3.8) is 0 Å². The molecular formula is C15H33NO3. The van der Waals surface area contributed by atoms with Crippen LogP contribution in [0, 0.1) is 11.8 Å². The van der Waals surface area contributed by atoms with E-state index in [1.807, 2.05) is 0 Å². The van der Waals surface area contributed by atoms with Crippen LogP contribution in [-0.2, 0) is 14.3 Å². The number of rotatable bonds is 14. The Balaban J connectivity index is 3.13. The maximum absolute atomic E-state index is 5.67. The van der Waals surface area contributed by atoms with Gasteiger partial charge in [-0.15, -0.1) is 0 Å². The van der Waals surface area contributed by atoms with Gasteiger partial charge in [-0.2, -0.15) is 0 Å². The highest BCUT2D eigenvalue weighted by Gasteiger charge is 2.06. The predicted molar refractivity (Wildman–Crippen MR) is 79.1 cm³/mol. The molecule has 0 aliphatic carbocycles. The van der Waals surface area contributed by atoms with Crippen LogP contribution in [0.25, 0.3) is 0 Å². The van der Waals surface area contributed by atoms with Crippen LogP contribution < -0.4 is 5.48 Å². The van der Waals surface area contributed by atoms with Crippen LogP contribution in [0.15, 0.2) is 0 Å². The lowest BCUT2D eigenvalue weighted by molar-refractivity contribution is 0.0208. The predicted octanol–water partition coefficient (Wildman–Crippen LogP) is 3.02. The Morgan fingerprint density at radius 3 is 2.47 bits per heavy atom. The molecule has 116 valence electrons. The Hall–Kier alpha value is -0.160. The second-order valence-electron chi connectivity index (χ2n) is 5.37. The first-order chi connectivity index (χ1) is 9.20. The van der Waals surface area contributed by atoms with Gasteiger partial charge in [0.2, 0.25) is 0 Å². The lowest BCUT2D eigenvalue weighted by Crippen LogP contribution is -2.19. The first-order valence-electron chi connectivity index (χ1n) is 7.62. The zero-order chi connectivity index (χ0) is 14.3. The fraction of sp³-hybridized carbons (Fsp3) is 1.00. The largest absolute Gasteiger partial charge is 0.385 e. The Labute approximate surface area is 119 Å². The third-order valence-electron chi connectivity index (χ3n) is 3.17. The van der Waals surface area contributed by atoms with Gasteiger partial charge in [-0.1, -0.05) is 27.2 Å². The van der Waals surface area contributed by atoms with Gasteiger partial charge < -0.3 is 14.3 Å². The lowest BCUT2D eigenvalue weighted by atomic mass is 9.96. The fourth-order valence-electron chi connectivity index (χ4n) is 1.87. The summed E-state index contributed by atoms with van der Waals surface area (Å²) in [6.07, 6.45) is 4.43. The summed E-state index contributed by atoms with van der Waals surface area (Å²) in [7, 11) is 1.70. The molecule has 0 bridgehead atoms. The summed E-state index contributed by atoms with van der Waals surface area (Å²) >= 11 is 0. The van der Waals surface area contributed by atoms with Crippen LogP contribution in [0.2, 0.25) is 0 Å². The molecule has 0 aliphatic heterocycles. The molecule has 0 heterocycles. The molecule has 0 saturated carbocycles.